The molecule has 1 aliphatic heterocycles. The molecule has 0 aromatic carbocycles. The number of alkyl halides is 1. The van der Waals surface area contributed by atoms with Crippen LogP contribution in [0.5, 0.6) is 0 Å². The van der Waals surface area contributed by atoms with Crippen LogP contribution < -0.4 is 4.90 Å². The number of hydrogen-bond acceptors (Lipinski definition) is 5. The fourth-order valence-electron chi connectivity index (χ4n) is 1.64. The van der Waals surface area contributed by atoms with E-state index in [0.717, 1.165) is 19.4 Å². The van der Waals surface area contributed by atoms with Gasteiger partial charge in [0, 0.05) is 13.1 Å². The van der Waals surface area contributed by atoms with Crippen LogP contribution in [0.2, 0.25) is 0 Å². The molecule has 15 heavy (non-hydrogen) atoms. The average Bonchev–Trinajstić information content (AvgIpc) is 2.66. The second-order valence-corrected chi connectivity index (χ2v) is 4.44. The molecule has 1 aliphatic rings. The summed E-state index contributed by atoms with van der Waals surface area (Å²) in [6.07, 6.45) is 1.47. The van der Waals surface area contributed by atoms with Crippen LogP contribution in [0.15, 0.2) is 4.42 Å². The first-order valence-electron chi connectivity index (χ1n) is 5.07. The Bertz CT molecular complexity index is 329. The summed E-state index contributed by atoms with van der Waals surface area (Å²) in [6.45, 7) is 3.18. The number of anilines is 1. The van der Waals surface area contributed by atoms with Gasteiger partial charge in [-0.05, 0) is 19.8 Å². The Morgan fingerprint density at radius 1 is 1.60 bits per heavy atom. The van der Waals surface area contributed by atoms with Crippen molar-refractivity contribution in [1.29, 1.82) is 0 Å². The van der Waals surface area contributed by atoms with Gasteiger partial charge in [0.15, 0.2) is 0 Å². The van der Waals surface area contributed by atoms with Crippen molar-refractivity contribution in [3.05, 3.63) is 5.89 Å². The molecule has 1 aromatic rings. The number of aliphatic hydroxyl groups is 1. The molecule has 1 N–H and O–H groups in total. The monoisotopic (exact) mass is 231 g/mol. The molecule has 2 atom stereocenters. The third-order valence-electron chi connectivity index (χ3n) is 2.44. The van der Waals surface area contributed by atoms with Gasteiger partial charge in [-0.3, -0.25) is 0 Å². The van der Waals surface area contributed by atoms with Crippen molar-refractivity contribution in [1.82, 2.24) is 10.2 Å². The van der Waals surface area contributed by atoms with Crippen LogP contribution in [0.1, 0.15) is 31.0 Å². The second-order valence-electron chi connectivity index (χ2n) is 3.78. The lowest BCUT2D eigenvalue weighted by Gasteiger charge is -2.28. The molecule has 0 spiro atoms. The molecule has 2 unspecified atom stereocenters. The molecule has 2 heterocycles. The normalized spacial score (nSPS) is 24.2. The molecule has 6 heteroatoms. The average molecular weight is 232 g/mol. The maximum absolute atomic E-state index is 9.50. The Balaban J connectivity index is 2.08. The Morgan fingerprint density at radius 2 is 2.40 bits per heavy atom. The summed E-state index contributed by atoms with van der Waals surface area (Å²) in [5, 5.41) is 17.0. The van der Waals surface area contributed by atoms with Gasteiger partial charge < -0.3 is 14.4 Å². The highest BCUT2D eigenvalue weighted by Gasteiger charge is 2.22. The standard InChI is InChI=1S/C9H14ClN3O2/c1-6(10)8-11-12-9(15-8)13-4-2-3-7(14)5-13/h6-7,14H,2-5H2,1H3. The van der Waals surface area contributed by atoms with E-state index in [0.29, 0.717) is 18.5 Å². The van der Waals surface area contributed by atoms with E-state index >= 15 is 0 Å². The van der Waals surface area contributed by atoms with Gasteiger partial charge in [-0.25, -0.2) is 0 Å². The number of aliphatic hydroxyl groups excluding tert-OH is 1. The highest BCUT2D eigenvalue weighted by molar-refractivity contribution is 6.20. The maximum atomic E-state index is 9.50. The van der Waals surface area contributed by atoms with Gasteiger partial charge in [0.05, 0.1) is 6.10 Å². The van der Waals surface area contributed by atoms with E-state index in [-0.39, 0.29) is 11.5 Å². The molecule has 0 saturated carbocycles. The van der Waals surface area contributed by atoms with E-state index in [1.807, 2.05) is 4.90 Å². The first kappa shape index (κ1) is 10.7. The van der Waals surface area contributed by atoms with Crippen LogP contribution in [0.25, 0.3) is 0 Å². The van der Waals surface area contributed by atoms with E-state index in [2.05, 4.69) is 10.2 Å². The van der Waals surface area contributed by atoms with E-state index < -0.39 is 0 Å². The molecule has 0 amide bonds. The minimum absolute atomic E-state index is 0.277. The number of rotatable bonds is 2. The van der Waals surface area contributed by atoms with Gasteiger partial charge in [0.1, 0.15) is 5.38 Å². The lowest BCUT2D eigenvalue weighted by Crippen LogP contribution is -2.38. The lowest BCUT2D eigenvalue weighted by atomic mass is 10.1. The van der Waals surface area contributed by atoms with Gasteiger partial charge in [-0.15, -0.1) is 16.7 Å². The van der Waals surface area contributed by atoms with Crippen molar-refractivity contribution in [2.45, 2.75) is 31.2 Å². The summed E-state index contributed by atoms with van der Waals surface area (Å²) >= 11 is 5.82. The van der Waals surface area contributed by atoms with Crippen molar-refractivity contribution in [3.8, 4) is 0 Å². The maximum Gasteiger partial charge on any atom is 0.318 e. The molecule has 84 valence electrons. The number of halogens is 1. The first-order chi connectivity index (χ1) is 7.16. The molecule has 0 bridgehead atoms. The molecule has 1 fully saturated rings. The minimum atomic E-state index is -0.303. The molecule has 0 radical (unpaired) electrons. The van der Waals surface area contributed by atoms with Gasteiger partial charge in [-0.2, -0.15) is 0 Å². The van der Waals surface area contributed by atoms with Crippen molar-refractivity contribution >= 4 is 17.6 Å². The first-order valence-corrected chi connectivity index (χ1v) is 5.51. The zero-order valence-electron chi connectivity index (χ0n) is 8.56. The van der Waals surface area contributed by atoms with Crippen LogP contribution in [0.3, 0.4) is 0 Å². The second kappa shape index (κ2) is 4.37. The van der Waals surface area contributed by atoms with Crippen LogP contribution >= 0.6 is 11.6 Å². The summed E-state index contributed by atoms with van der Waals surface area (Å²) in [4.78, 5) is 1.89. The van der Waals surface area contributed by atoms with Crippen molar-refractivity contribution in [2.24, 2.45) is 0 Å². The van der Waals surface area contributed by atoms with Crippen LogP contribution in [0, 0.1) is 0 Å². The minimum Gasteiger partial charge on any atom is -0.406 e. The van der Waals surface area contributed by atoms with E-state index in [1.54, 1.807) is 6.92 Å². The fraction of sp³-hybridized carbons (Fsp3) is 0.778. The predicted molar refractivity (Wildman–Crippen MR) is 56.0 cm³/mol. The summed E-state index contributed by atoms with van der Waals surface area (Å²) in [6, 6.07) is 0.455. The highest BCUT2D eigenvalue weighted by Crippen LogP contribution is 2.23. The lowest BCUT2D eigenvalue weighted by molar-refractivity contribution is 0.151. The van der Waals surface area contributed by atoms with Gasteiger partial charge in [-0.1, -0.05) is 5.10 Å². The smallest absolute Gasteiger partial charge is 0.318 e. The molecule has 1 saturated heterocycles. The highest BCUT2D eigenvalue weighted by atomic mass is 35.5. The van der Waals surface area contributed by atoms with Crippen molar-refractivity contribution in [3.63, 3.8) is 0 Å². The summed E-state index contributed by atoms with van der Waals surface area (Å²) in [7, 11) is 0. The van der Waals surface area contributed by atoms with E-state index in [9.17, 15) is 5.11 Å². The zero-order chi connectivity index (χ0) is 10.8. The van der Waals surface area contributed by atoms with Crippen molar-refractivity contribution in [2.75, 3.05) is 18.0 Å². The third-order valence-corrected chi connectivity index (χ3v) is 2.62. The molecule has 0 aliphatic carbocycles. The Labute approximate surface area is 93.0 Å². The Kier molecular flexibility index (Phi) is 3.11. The number of aromatic nitrogens is 2. The number of β-amino-alcohol motifs (C(OH)–C–C–N with tert-alkyl or cyclic N) is 1. The Morgan fingerprint density at radius 3 is 3.00 bits per heavy atom. The predicted octanol–water partition coefficient (Wildman–Crippen LogP) is 1.33. The Hall–Kier alpha value is -0.810. The number of piperidine rings is 1. The van der Waals surface area contributed by atoms with Crippen LogP contribution in [0.4, 0.5) is 6.01 Å². The molecule has 2 rings (SSSR count). The number of nitrogens with zero attached hydrogens (tertiary/aromatic N) is 3. The summed E-state index contributed by atoms with van der Waals surface area (Å²) in [5.74, 6) is 0.423. The van der Waals surface area contributed by atoms with Gasteiger partial charge in [0.2, 0.25) is 5.89 Å². The van der Waals surface area contributed by atoms with Crippen LogP contribution in [-0.2, 0) is 0 Å². The van der Waals surface area contributed by atoms with Crippen molar-refractivity contribution < 1.29 is 9.52 Å². The largest absolute Gasteiger partial charge is 0.406 e. The molecule has 5 nitrogen and oxygen atoms in total. The summed E-state index contributed by atoms with van der Waals surface area (Å²) in [5.41, 5.74) is 0. The van der Waals surface area contributed by atoms with E-state index in [4.69, 9.17) is 16.0 Å². The SMILES string of the molecule is CC(Cl)c1nnc(N2CCCC(O)C2)o1. The van der Waals surface area contributed by atoms with Gasteiger partial charge >= 0.3 is 6.01 Å². The fourth-order valence-corrected chi connectivity index (χ4v) is 1.73. The molecular weight excluding hydrogens is 218 g/mol. The molecule has 1 aromatic heterocycles. The van der Waals surface area contributed by atoms with Crippen LogP contribution in [-0.4, -0.2) is 34.5 Å². The quantitative estimate of drug-likeness (QED) is 0.778. The topological polar surface area (TPSA) is 62.4 Å². The zero-order valence-corrected chi connectivity index (χ0v) is 9.31. The molecular formula is C9H14ClN3O2. The third kappa shape index (κ3) is 2.41. The number of hydrogen-bond donors (Lipinski definition) is 1. The van der Waals surface area contributed by atoms with E-state index in [1.165, 1.54) is 0 Å². The van der Waals surface area contributed by atoms with Gasteiger partial charge in [0.25, 0.3) is 0 Å². The summed E-state index contributed by atoms with van der Waals surface area (Å²) < 4.78 is 5.39.